The number of fused-ring (bicyclic) bond motifs is 1. The Labute approximate surface area is 95.6 Å². The molecule has 1 heterocycles. The third-order valence-corrected chi connectivity index (χ3v) is 2.96. The Kier molecular flexibility index (Phi) is 2.52. The van der Waals surface area contributed by atoms with Crippen molar-refractivity contribution in [1.82, 2.24) is 4.98 Å². The number of ether oxygens (including phenoxy) is 1. The summed E-state index contributed by atoms with van der Waals surface area (Å²) < 4.78 is 4.23. The van der Waals surface area contributed by atoms with Crippen LogP contribution in [0.25, 0.3) is 10.9 Å². The van der Waals surface area contributed by atoms with E-state index in [0.717, 1.165) is 16.5 Å². The molecule has 0 spiro atoms. The molecule has 0 radical (unpaired) electrons. The number of rotatable bonds is 3. The molecule has 0 saturated carbocycles. The molecule has 1 N–H and O–H groups in total. The maximum atomic E-state index is 10.4. The SMILES string of the molecule is CC(Br)(OC=O)c1cccc2[nH]ccc12. The number of carbonyl (C=O) groups excluding carboxylic acids is 1. The summed E-state index contributed by atoms with van der Waals surface area (Å²) in [6, 6.07) is 7.78. The lowest BCUT2D eigenvalue weighted by molar-refractivity contribution is -0.134. The first-order chi connectivity index (χ1) is 7.15. The zero-order chi connectivity index (χ0) is 10.9. The molecule has 1 atom stereocenters. The molecule has 0 aliphatic heterocycles. The summed E-state index contributed by atoms with van der Waals surface area (Å²) in [5, 5.41) is 1.04. The van der Waals surface area contributed by atoms with Crippen LogP contribution in [-0.4, -0.2) is 11.5 Å². The Morgan fingerprint density at radius 2 is 2.27 bits per heavy atom. The third-order valence-electron chi connectivity index (χ3n) is 2.35. The molecular weight excluding hydrogens is 258 g/mol. The fourth-order valence-corrected chi connectivity index (χ4v) is 2.05. The number of aromatic nitrogens is 1. The first-order valence-corrected chi connectivity index (χ1v) is 5.31. The van der Waals surface area contributed by atoms with E-state index in [-0.39, 0.29) is 0 Å². The molecular formula is C11H10BrNO2. The van der Waals surface area contributed by atoms with Gasteiger partial charge in [-0.15, -0.1) is 0 Å². The van der Waals surface area contributed by atoms with Crippen LogP contribution >= 0.6 is 15.9 Å². The van der Waals surface area contributed by atoms with Crippen molar-refractivity contribution in [3.05, 3.63) is 36.0 Å². The molecule has 2 rings (SSSR count). The number of H-pyrrole nitrogens is 1. The van der Waals surface area contributed by atoms with Gasteiger partial charge < -0.3 is 9.72 Å². The number of carbonyl (C=O) groups is 1. The van der Waals surface area contributed by atoms with Crippen molar-refractivity contribution in [3.8, 4) is 0 Å². The molecule has 2 aromatic rings. The molecule has 3 nitrogen and oxygen atoms in total. The van der Waals surface area contributed by atoms with Gasteiger partial charge in [0.15, 0.2) is 4.51 Å². The van der Waals surface area contributed by atoms with Crippen LogP contribution in [0.2, 0.25) is 0 Å². The highest BCUT2D eigenvalue weighted by atomic mass is 79.9. The summed E-state index contributed by atoms with van der Waals surface area (Å²) in [6.45, 7) is 2.24. The van der Waals surface area contributed by atoms with E-state index >= 15 is 0 Å². The van der Waals surface area contributed by atoms with Crippen molar-refractivity contribution in [2.75, 3.05) is 0 Å². The highest BCUT2D eigenvalue weighted by Gasteiger charge is 2.26. The van der Waals surface area contributed by atoms with Gasteiger partial charge in [0.2, 0.25) is 0 Å². The lowest BCUT2D eigenvalue weighted by atomic mass is 10.1. The predicted molar refractivity (Wildman–Crippen MR) is 61.7 cm³/mol. The number of halogens is 1. The fraction of sp³-hybridized carbons (Fsp3) is 0.182. The van der Waals surface area contributed by atoms with Crippen LogP contribution in [0.4, 0.5) is 0 Å². The molecule has 1 aromatic carbocycles. The Morgan fingerprint density at radius 1 is 1.47 bits per heavy atom. The smallest absolute Gasteiger partial charge is 0.294 e. The second-order valence-corrected chi connectivity index (χ2v) is 4.89. The van der Waals surface area contributed by atoms with Crippen LogP contribution in [0.15, 0.2) is 30.5 Å². The summed E-state index contributed by atoms with van der Waals surface area (Å²) in [7, 11) is 0. The van der Waals surface area contributed by atoms with E-state index < -0.39 is 4.51 Å². The quantitative estimate of drug-likeness (QED) is 0.687. The van der Waals surface area contributed by atoms with Crippen molar-refractivity contribution >= 4 is 33.3 Å². The fourth-order valence-electron chi connectivity index (χ4n) is 1.63. The standard InChI is InChI=1S/C11H10BrNO2/c1-11(12,15-7-14)9-3-2-4-10-8(9)5-6-13-10/h2-7,13H,1H3. The second-order valence-electron chi connectivity index (χ2n) is 3.38. The highest BCUT2D eigenvalue weighted by Crippen LogP contribution is 2.35. The molecule has 0 aliphatic carbocycles. The molecule has 1 aromatic heterocycles. The minimum absolute atomic E-state index is 0.445. The maximum absolute atomic E-state index is 10.4. The van der Waals surface area contributed by atoms with Crippen LogP contribution < -0.4 is 0 Å². The molecule has 78 valence electrons. The average molecular weight is 268 g/mol. The van der Waals surface area contributed by atoms with Crippen molar-refractivity contribution in [2.45, 2.75) is 11.4 Å². The highest BCUT2D eigenvalue weighted by molar-refractivity contribution is 9.09. The van der Waals surface area contributed by atoms with Crippen LogP contribution in [0.3, 0.4) is 0 Å². The van der Waals surface area contributed by atoms with E-state index in [1.807, 2.05) is 30.5 Å². The van der Waals surface area contributed by atoms with Crippen molar-refractivity contribution in [1.29, 1.82) is 0 Å². The Balaban J connectivity index is 2.59. The zero-order valence-electron chi connectivity index (χ0n) is 8.16. The number of hydrogen-bond acceptors (Lipinski definition) is 2. The lowest BCUT2D eigenvalue weighted by Gasteiger charge is -2.21. The van der Waals surface area contributed by atoms with Crippen molar-refractivity contribution < 1.29 is 9.53 Å². The van der Waals surface area contributed by atoms with Gasteiger partial charge in [-0.25, -0.2) is 0 Å². The molecule has 15 heavy (non-hydrogen) atoms. The molecule has 0 bridgehead atoms. The van der Waals surface area contributed by atoms with Gasteiger partial charge in [0.1, 0.15) is 0 Å². The van der Waals surface area contributed by atoms with Gasteiger partial charge in [-0.3, -0.25) is 4.79 Å². The summed E-state index contributed by atoms with van der Waals surface area (Å²) in [5.41, 5.74) is 1.95. The lowest BCUT2D eigenvalue weighted by Crippen LogP contribution is -2.17. The first-order valence-electron chi connectivity index (χ1n) is 4.52. The molecule has 0 fully saturated rings. The number of nitrogens with one attached hydrogen (secondary N) is 1. The Bertz CT molecular complexity index is 490. The van der Waals surface area contributed by atoms with E-state index in [9.17, 15) is 4.79 Å². The summed E-state index contributed by atoms with van der Waals surface area (Å²) >= 11 is 3.39. The van der Waals surface area contributed by atoms with Gasteiger partial charge in [0.05, 0.1) is 0 Å². The van der Waals surface area contributed by atoms with Gasteiger partial charge >= 0.3 is 0 Å². The molecule has 0 aliphatic rings. The van der Waals surface area contributed by atoms with E-state index in [4.69, 9.17) is 4.74 Å². The molecule has 4 heteroatoms. The average Bonchev–Trinajstić information content (AvgIpc) is 2.64. The van der Waals surface area contributed by atoms with Crippen molar-refractivity contribution in [3.63, 3.8) is 0 Å². The van der Waals surface area contributed by atoms with Gasteiger partial charge in [-0.1, -0.05) is 12.1 Å². The second kappa shape index (κ2) is 3.70. The first kappa shape index (κ1) is 10.2. The normalized spacial score (nSPS) is 14.8. The number of benzene rings is 1. The van der Waals surface area contributed by atoms with Crippen LogP contribution in [0.5, 0.6) is 0 Å². The Morgan fingerprint density at radius 3 is 3.00 bits per heavy atom. The summed E-state index contributed by atoms with van der Waals surface area (Å²) in [4.78, 5) is 13.5. The van der Waals surface area contributed by atoms with Gasteiger partial charge in [-0.05, 0) is 35.0 Å². The summed E-state index contributed by atoms with van der Waals surface area (Å²) in [6.07, 6.45) is 1.86. The minimum Gasteiger partial charge on any atom is -0.445 e. The molecule has 1 unspecified atom stereocenters. The van der Waals surface area contributed by atoms with E-state index in [1.165, 1.54) is 0 Å². The minimum atomic E-state index is -0.781. The molecule has 0 saturated heterocycles. The molecule has 0 amide bonds. The topological polar surface area (TPSA) is 42.1 Å². The van der Waals surface area contributed by atoms with Crippen LogP contribution in [0.1, 0.15) is 12.5 Å². The van der Waals surface area contributed by atoms with E-state index in [2.05, 4.69) is 20.9 Å². The van der Waals surface area contributed by atoms with Gasteiger partial charge in [0.25, 0.3) is 6.47 Å². The van der Waals surface area contributed by atoms with Crippen molar-refractivity contribution in [2.24, 2.45) is 0 Å². The number of hydrogen-bond donors (Lipinski definition) is 1. The summed E-state index contributed by atoms with van der Waals surface area (Å²) in [5.74, 6) is 0. The van der Waals surface area contributed by atoms with Gasteiger partial charge in [-0.2, -0.15) is 0 Å². The third kappa shape index (κ3) is 1.77. The van der Waals surface area contributed by atoms with Crippen LogP contribution in [-0.2, 0) is 14.0 Å². The van der Waals surface area contributed by atoms with Gasteiger partial charge in [0, 0.05) is 22.7 Å². The number of alkyl halides is 1. The maximum Gasteiger partial charge on any atom is 0.294 e. The van der Waals surface area contributed by atoms with E-state index in [1.54, 1.807) is 6.92 Å². The predicted octanol–water partition coefficient (Wildman–Crippen LogP) is 2.91. The Hall–Kier alpha value is -1.29. The zero-order valence-corrected chi connectivity index (χ0v) is 9.74. The largest absolute Gasteiger partial charge is 0.445 e. The monoisotopic (exact) mass is 267 g/mol. The van der Waals surface area contributed by atoms with E-state index in [0.29, 0.717) is 6.47 Å². The number of aromatic amines is 1. The van der Waals surface area contributed by atoms with Crippen LogP contribution in [0, 0.1) is 0 Å².